The maximum Gasteiger partial charge on any atom is 0.126 e. The Labute approximate surface area is 201 Å². The van der Waals surface area contributed by atoms with Gasteiger partial charge in [-0.25, -0.2) is 5.06 Å². The highest BCUT2D eigenvalue weighted by atomic mass is 16.5. The molecule has 2 unspecified atom stereocenters. The van der Waals surface area contributed by atoms with Gasteiger partial charge in [-0.3, -0.25) is 10.2 Å². The van der Waals surface area contributed by atoms with Crippen molar-refractivity contribution in [2.45, 2.75) is 51.7 Å². The third-order valence-electron chi connectivity index (χ3n) is 6.32. The number of nitriles is 1. The van der Waals surface area contributed by atoms with Crippen LogP contribution in [0.2, 0.25) is 0 Å². The Kier molecular flexibility index (Phi) is 7.30. The highest BCUT2D eigenvalue weighted by Gasteiger charge is 2.31. The highest BCUT2D eigenvalue weighted by Crippen LogP contribution is 2.45. The molecule has 0 aromatic heterocycles. The van der Waals surface area contributed by atoms with Gasteiger partial charge in [0.15, 0.2) is 0 Å². The van der Waals surface area contributed by atoms with Gasteiger partial charge in [-0.2, -0.15) is 5.26 Å². The van der Waals surface area contributed by atoms with Gasteiger partial charge in [0.05, 0.1) is 17.7 Å². The Hall–Kier alpha value is -3.62. The summed E-state index contributed by atoms with van der Waals surface area (Å²) in [4.78, 5) is 4.98. The van der Waals surface area contributed by atoms with Crippen molar-refractivity contribution in [2.24, 2.45) is 4.99 Å². The molecule has 2 atom stereocenters. The predicted octanol–water partition coefficient (Wildman–Crippen LogP) is 6.87. The van der Waals surface area contributed by atoms with E-state index >= 15 is 0 Å². The summed E-state index contributed by atoms with van der Waals surface area (Å²) >= 11 is 0. The average molecular weight is 454 g/mol. The summed E-state index contributed by atoms with van der Waals surface area (Å²) in [7, 11) is 1.61. The maximum absolute atomic E-state index is 10.1. The fourth-order valence-electron chi connectivity index (χ4n) is 4.64. The van der Waals surface area contributed by atoms with Gasteiger partial charge in [0, 0.05) is 25.5 Å². The molecular weight excluding hydrogens is 422 g/mol. The number of hydroxylamine groups is 2. The molecule has 0 aliphatic carbocycles. The van der Waals surface area contributed by atoms with Crippen molar-refractivity contribution in [3.63, 3.8) is 0 Å². The lowest BCUT2D eigenvalue weighted by Gasteiger charge is -2.33. The first kappa shape index (κ1) is 23.5. The van der Waals surface area contributed by atoms with Crippen molar-refractivity contribution >= 4 is 5.84 Å². The first-order chi connectivity index (χ1) is 16.5. The monoisotopic (exact) mass is 453 g/mol. The van der Waals surface area contributed by atoms with E-state index in [2.05, 4.69) is 43.3 Å². The zero-order valence-electron chi connectivity index (χ0n) is 20.0. The topological polar surface area (TPSA) is 68.8 Å². The van der Waals surface area contributed by atoms with Gasteiger partial charge in [-0.05, 0) is 52.9 Å². The van der Waals surface area contributed by atoms with Crippen LogP contribution in [0, 0.1) is 11.3 Å². The number of amidine groups is 1. The quantitative estimate of drug-likeness (QED) is 0.251. The number of hydrogen-bond donors (Lipinski definition) is 1. The number of benzene rings is 3. The third kappa shape index (κ3) is 4.98. The molecule has 1 heterocycles. The summed E-state index contributed by atoms with van der Waals surface area (Å²) in [6, 6.07) is 24.3. The zero-order valence-corrected chi connectivity index (χ0v) is 20.0. The van der Waals surface area contributed by atoms with Gasteiger partial charge < -0.3 is 4.74 Å². The number of aliphatic imine (C=N–C) groups is 1. The smallest absolute Gasteiger partial charge is 0.126 e. The van der Waals surface area contributed by atoms with E-state index in [1.165, 1.54) is 11.1 Å². The molecular formula is C29H31N3O2. The van der Waals surface area contributed by atoms with E-state index in [1.54, 1.807) is 13.1 Å². The minimum absolute atomic E-state index is 0.112. The summed E-state index contributed by atoms with van der Waals surface area (Å²) in [5.41, 5.74) is 6.13. The van der Waals surface area contributed by atoms with Crippen LogP contribution in [-0.2, 0) is 6.42 Å². The average Bonchev–Trinajstić information content (AvgIpc) is 2.87. The standard InChI is InChI=1S/C29H31N3O2/c1-4-9-21-11-6-7-13-24(21)28-18-26(31-29(5-2)32(3)33)25-17-23(14-15-27(25)34-28)22-12-8-10-20(16-22)19-30/h6-8,10-17,26,28,33H,4-5,9,18H2,1-3H3. The van der Waals surface area contributed by atoms with Gasteiger partial charge in [0.2, 0.25) is 0 Å². The van der Waals surface area contributed by atoms with Crippen LogP contribution in [-0.4, -0.2) is 23.2 Å². The van der Waals surface area contributed by atoms with Crippen LogP contribution >= 0.6 is 0 Å². The van der Waals surface area contributed by atoms with Crippen molar-refractivity contribution in [3.05, 3.63) is 89.0 Å². The Morgan fingerprint density at radius 2 is 1.85 bits per heavy atom. The Morgan fingerprint density at radius 3 is 2.59 bits per heavy atom. The number of ether oxygens (including phenoxy) is 1. The van der Waals surface area contributed by atoms with Gasteiger partial charge in [0.25, 0.3) is 0 Å². The molecule has 0 saturated carbocycles. The molecule has 1 N–H and O–H groups in total. The predicted molar refractivity (Wildman–Crippen MR) is 135 cm³/mol. The van der Waals surface area contributed by atoms with E-state index in [0.717, 1.165) is 40.3 Å². The number of hydrogen-bond acceptors (Lipinski definition) is 4. The number of fused-ring (bicyclic) bond motifs is 1. The number of aryl methyl sites for hydroxylation is 1. The van der Waals surface area contributed by atoms with Gasteiger partial charge >= 0.3 is 0 Å². The lowest BCUT2D eigenvalue weighted by atomic mass is 9.88. The van der Waals surface area contributed by atoms with E-state index < -0.39 is 0 Å². The van der Waals surface area contributed by atoms with Gasteiger partial charge in [-0.15, -0.1) is 0 Å². The number of rotatable bonds is 6. The highest BCUT2D eigenvalue weighted by molar-refractivity contribution is 5.81. The lowest BCUT2D eigenvalue weighted by molar-refractivity contribution is 0.0104. The number of nitrogens with zero attached hydrogens (tertiary/aromatic N) is 3. The minimum atomic E-state index is -0.160. The first-order valence-electron chi connectivity index (χ1n) is 11.9. The summed E-state index contributed by atoms with van der Waals surface area (Å²) in [6.45, 7) is 4.18. The van der Waals surface area contributed by atoms with Crippen molar-refractivity contribution in [2.75, 3.05) is 7.05 Å². The summed E-state index contributed by atoms with van der Waals surface area (Å²) in [5.74, 6) is 1.45. The Balaban J connectivity index is 1.79. The molecule has 5 heteroatoms. The second kappa shape index (κ2) is 10.5. The molecule has 34 heavy (non-hydrogen) atoms. The summed E-state index contributed by atoms with van der Waals surface area (Å²) in [6.07, 6.45) is 3.28. The van der Waals surface area contributed by atoms with E-state index in [9.17, 15) is 10.5 Å². The molecule has 0 spiro atoms. The molecule has 4 rings (SSSR count). The molecule has 0 fully saturated rings. The summed E-state index contributed by atoms with van der Waals surface area (Å²) < 4.78 is 6.55. The van der Waals surface area contributed by atoms with E-state index in [0.29, 0.717) is 24.2 Å². The van der Waals surface area contributed by atoms with Crippen LogP contribution in [0.4, 0.5) is 0 Å². The first-order valence-corrected chi connectivity index (χ1v) is 11.9. The molecule has 3 aromatic rings. The fourth-order valence-corrected chi connectivity index (χ4v) is 4.64. The lowest BCUT2D eigenvalue weighted by Crippen LogP contribution is -2.25. The van der Waals surface area contributed by atoms with Crippen LogP contribution in [0.15, 0.2) is 71.7 Å². The molecule has 3 aromatic carbocycles. The largest absolute Gasteiger partial charge is 0.485 e. The molecule has 0 radical (unpaired) electrons. The minimum Gasteiger partial charge on any atom is -0.485 e. The van der Waals surface area contributed by atoms with Gasteiger partial charge in [-0.1, -0.05) is 62.7 Å². The van der Waals surface area contributed by atoms with E-state index in [1.807, 2.05) is 37.3 Å². The van der Waals surface area contributed by atoms with E-state index in [4.69, 9.17) is 9.73 Å². The molecule has 0 amide bonds. The molecule has 1 aliphatic heterocycles. The zero-order chi connectivity index (χ0) is 24.1. The van der Waals surface area contributed by atoms with Crippen LogP contribution in [0.1, 0.15) is 67.5 Å². The molecule has 174 valence electrons. The fraction of sp³-hybridized carbons (Fsp3) is 0.310. The summed E-state index contributed by atoms with van der Waals surface area (Å²) in [5, 5.41) is 20.5. The van der Waals surface area contributed by atoms with Crippen LogP contribution in [0.5, 0.6) is 5.75 Å². The van der Waals surface area contributed by atoms with Crippen LogP contribution < -0.4 is 4.74 Å². The van der Waals surface area contributed by atoms with Crippen molar-refractivity contribution in [3.8, 4) is 22.9 Å². The normalized spacial score (nSPS) is 17.4. The third-order valence-corrected chi connectivity index (χ3v) is 6.32. The van der Waals surface area contributed by atoms with Crippen LogP contribution in [0.3, 0.4) is 0 Å². The SMILES string of the molecule is CCCc1ccccc1C1CC(N=C(CC)N(C)O)c2cc(-c3cccc(C#N)c3)ccc2O1. The van der Waals surface area contributed by atoms with Gasteiger partial charge in [0.1, 0.15) is 17.7 Å². The van der Waals surface area contributed by atoms with Crippen LogP contribution in [0.25, 0.3) is 11.1 Å². The van der Waals surface area contributed by atoms with Crippen molar-refractivity contribution in [1.29, 1.82) is 5.26 Å². The molecule has 0 bridgehead atoms. The molecule has 5 nitrogen and oxygen atoms in total. The second-order valence-corrected chi connectivity index (χ2v) is 8.67. The van der Waals surface area contributed by atoms with E-state index in [-0.39, 0.29) is 12.1 Å². The Bertz CT molecular complexity index is 1230. The molecule has 0 saturated heterocycles. The second-order valence-electron chi connectivity index (χ2n) is 8.67. The Morgan fingerprint density at radius 1 is 1.06 bits per heavy atom. The maximum atomic E-state index is 10.1. The molecule has 1 aliphatic rings. The van der Waals surface area contributed by atoms with Crippen molar-refractivity contribution < 1.29 is 9.94 Å². The van der Waals surface area contributed by atoms with Crippen molar-refractivity contribution in [1.82, 2.24) is 5.06 Å².